The predicted molar refractivity (Wildman–Crippen MR) is 72.1 cm³/mol. The number of benzene rings is 1. The van der Waals surface area contributed by atoms with Gasteiger partial charge in [-0.3, -0.25) is 0 Å². The van der Waals surface area contributed by atoms with E-state index in [1.54, 1.807) is 0 Å². The highest BCUT2D eigenvalue weighted by atomic mass is 16.5. The van der Waals surface area contributed by atoms with Crippen LogP contribution in [0.1, 0.15) is 25.8 Å². The zero-order valence-corrected chi connectivity index (χ0v) is 11.2. The van der Waals surface area contributed by atoms with Gasteiger partial charge in [-0.25, -0.2) is 0 Å². The summed E-state index contributed by atoms with van der Waals surface area (Å²) in [5, 5.41) is 19.2. The fraction of sp³-hybridized carbons (Fsp3) is 0.600. The van der Waals surface area contributed by atoms with E-state index in [0.29, 0.717) is 12.5 Å². The molecule has 0 unspecified atom stereocenters. The molecule has 2 N–H and O–H groups in total. The van der Waals surface area contributed by atoms with E-state index in [2.05, 4.69) is 13.8 Å². The number of hydrogen-bond acceptors (Lipinski definition) is 3. The molecule has 18 heavy (non-hydrogen) atoms. The Kier molecular flexibility index (Phi) is 6.94. The first-order valence-electron chi connectivity index (χ1n) is 6.54. The third-order valence-corrected chi connectivity index (χ3v) is 2.95. The van der Waals surface area contributed by atoms with Crippen LogP contribution in [0, 0.1) is 11.8 Å². The van der Waals surface area contributed by atoms with Gasteiger partial charge in [-0.2, -0.15) is 0 Å². The van der Waals surface area contributed by atoms with E-state index in [0.717, 1.165) is 12.0 Å². The molecule has 2 atom stereocenters. The first kappa shape index (κ1) is 15.2. The Morgan fingerprint density at radius 3 is 2.39 bits per heavy atom. The Labute approximate surface area is 109 Å². The lowest BCUT2D eigenvalue weighted by Gasteiger charge is -2.22. The molecule has 0 aliphatic carbocycles. The van der Waals surface area contributed by atoms with Crippen LogP contribution < -0.4 is 0 Å². The first-order chi connectivity index (χ1) is 8.63. The van der Waals surface area contributed by atoms with E-state index in [1.807, 2.05) is 30.3 Å². The normalized spacial score (nSPS) is 14.7. The van der Waals surface area contributed by atoms with Crippen molar-refractivity contribution in [2.24, 2.45) is 11.8 Å². The van der Waals surface area contributed by atoms with Crippen LogP contribution in [0.4, 0.5) is 0 Å². The van der Waals surface area contributed by atoms with Crippen LogP contribution >= 0.6 is 0 Å². The average Bonchev–Trinajstić information content (AvgIpc) is 2.36. The molecular weight excluding hydrogens is 228 g/mol. The van der Waals surface area contributed by atoms with Gasteiger partial charge < -0.3 is 14.9 Å². The van der Waals surface area contributed by atoms with Gasteiger partial charge >= 0.3 is 0 Å². The van der Waals surface area contributed by atoms with Crippen LogP contribution in [0.25, 0.3) is 0 Å². The van der Waals surface area contributed by atoms with Crippen molar-refractivity contribution in [3.63, 3.8) is 0 Å². The summed E-state index contributed by atoms with van der Waals surface area (Å²) in [6, 6.07) is 9.87. The molecule has 0 heterocycles. The van der Waals surface area contributed by atoms with Crippen LogP contribution in [-0.2, 0) is 11.3 Å². The molecule has 0 aliphatic rings. The average molecular weight is 252 g/mol. The Hall–Kier alpha value is -0.900. The maximum Gasteiger partial charge on any atom is 0.0823 e. The van der Waals surface area contributed by atoms with Crippen molar-refractivity contribution in [2.75, 3.05) is 13.2 Å². The minimum atomic E-state index is -0.596. The highest BCUT2D eigenvalue weighted by molar-refractivity contribution is 5.13. The van der Waals surface area contributed by atoms with Crippen molar-refractivity contribution < 1.29 is 14.9 Å². The zero-order valence-electron chi connectivity index (χ0n) is 11.2. The van der Waals surface area contributed by atoms with Gasteiger partial charge in [0.25, 0.3) is 0 Å². The molecule has 0 saturated heterocycles. The van der Waals surface area contributed by atoms with Gasteiger partial charge in [0.1, 0.15) is 0 Å². The minimum Gasteiger partial charge on any atom is -0.396 e. The van der Waals surface area contributed by atoms with Crippen LogP contribution in [0.2, 0.25) is 0 Å². The summed E-state index contributed by atoms with van der Waals surface area (Å²) < 4.78 is 5.48. The molecular formula is C15H24O3. The van der Waals surface area contributed by atoms with E-state index in [9.17, 15) is 10.2 Å². The standard InChI is InChI=1S/C15H24O3/c1-12(2)8-14(9-16)15(17)11-18-10-13-6-4-3-5-7-13/h3-7,12,14-17H,8-11H2,1-2H3/t14-,15-/m1/s1. The molecule has 0 amide bonds. The maximum atomic E-state index is 9.95. The number of rotatable bonds is 8. The van der Waals surface area contributed by atoms with Gasteiger partial charge in [-0.1, -0.05) is 44.2 Å². The summed E-state index contributed by atoms with van der Waals surface area (Å²) in [7, 11) is 0. The van der Waals surface area contributed by atoms with Crippen LogP contribution in [-0.4, -0.2) is 29.5 Å². The Bertz CT molecular complexity index is 311. The van der Waals surface area contributed by atoms with Crippen molar-refractivity contribution in [1.29, 1.82) is 0 Å². The van der Waals surface area contributed by atoms with Gasteiger partial charge in [0.05, 0.1) is 19.3 Å². The van der Waals surface area contributed by atoms with E-state index >= 15 is 0 Å². The first-order valence-corrected chi connectivity index (χ1v) is 6.54. The third kappa shape index (κ3) is 5.63. The van der Waals surface area contributed by atoms with E-state index in [-0.39, 0.29) is 19.1 Å². The molecule has 0 aliphatic heterocycles. The summed E-state index contributed by atoms with van der Waals surface area (Å²) in [5.74, 6) is 0.367. The summed E-state index contributed by atoms with van der Waals surface area (Å²) in [4.78, 5) is 0. The van der Waals surface area contributed by atoms with Gasteiger partial charge in [0.15, 0.2) is 0 Å². The largest absolute Gasteiger partial charge is 0.396 e. The van der Waals surface area contributed by atoms with Crippen molar-refractivity contribution in [3.8, 4) is 0 Å². The van der Waals surface area contributed by atoms with Crippen molar-refractivity contribution in [1.82, 2.24) is 0 Å². The Morgan fingerprint density at radius 1 is 1.17 bits per heavy atom. The molecule has 3 heteroatoms. The number of ether oxygens (including phenoxy) is 1. The van der Waals surface area contributed by atoms with Gasteiger partial charge in [0.2, 0.25) is 0 Å². The fourth-order valence-electron chi connectivity index (χ4n) is 1.97. The molecule has 102 valence electrons. The number of aliphatic hydroxyl groups excluding tert-OH is 2. The smallest absolute Gasteiger partial charge is 0.0823 e. The zero-order chi connectivity index (χ0) is 13.4. The van der Waals surface area contributed by atoms with Crippen LogP contribution in [0.5, 0.6) is 0 Å². The molecule has 1 aromatic carbocycles. The second-order valence-corrected chi connectivity index (χ2v) is 5.14. The molecule has 1 aromatic rings. The molecule has 0 spiro atoms. The molecule has 0 bridgehead atoms. The van der Waals surface area contributed by atoms with Crippen molar-refractivity contribution >= 4 is 0 Å². The summed E-state index contributed by atoms with van der Waals surface area (Å²) in [6.07, 6.45) is 0.216. The lowest BCUT2D eigenvalue weighted by atomic mass is 9.93. The second-order valence-electron chi connectivity index (χ2n) is 5.14. The molecule has 0 radical (unpaired) electrons. The topological polar surface area (TPSA) is 49.7 Å². The predicted octanol–water partition coefficient (Wildman–Crippen LogP) is 2.22. The second kappa shape index (κ2) is 8.25. The van der Waals surface area contributed by atoms with E-state index in [1.165, 1.54) is 0 Å². The maximum absolute atomic E-state index is 9.95. The number of hydrogen-bond donors (Lipinski definition) is 2. The van der Waals surface area contributed by atoms with Crippen molar-refractivity contribution in [2.45, 2.75) is 33.0 Å². The molecule has 3 nitrogen and oxygen atoms in total. The third-order valence-electron chi connectivity index (χ3n) is 2.95. The Balaban J connectivity index is 2.29. The van der Waals surface area contributed by atoms with E-state index < -0.39 is 6.10 Å². The summed E-state index contributed by atoms with van der Waals surface area (Å²) in [6.45, 7) is 4.94. The SMILES string of the molecule is CC(C)C[C@H](CO)[C@H](O)COCc1ccccc1. The van der Waals surface area contributed by atoms with Crippen molar-refractivity contribution in [3.05, 3.63) is 35.9 Å². The van der Waals surface area contributed by atoms with Gasteiger partial charge in [0, 0.05) is 12.5 Å². The number of aliphatic hydroxyl groups is 2. The fourth-order valence-corrected chi connectivity index (χ4v) is 1.97. The Morgan fingerprint density at radius 2 is 1.83 bits per heavy atom. The molecule has 0 aromatic heterocycles. The van der Waals surface area contributed by atoms with Crippen LogP contribution in [0.15, 0.2) is 30.3 Å². The molecule has 0 fully saturated rings. The summed E-state index contributed by atoms with van der Waals surface area (Å²) in [5.41, 5.74) is 1.09. The highest BCUT2D eigenvalue weighted by Crippen LogP contribution is 2.16. The minimum absolute atomic E-state index is 0.00798. The van der Waals surface area contributed by atoms with Gasteiger partial charge in [-0.05, 0) is 17.9 Å². The molecule has 0 saturated carbocycles. The lowest BCUT2D eigenvalue weighted by molar-refractivity contribution is -0.0216. The monoisotopic (exact) mass is 252 g/mol. The van der Waals surface area contributed by atoms with Crippen LogP contribution in [0.3, 0.4) is 0 Å². The quantitative estimate of drug-likeness (QED) is 0.746. The molecule has 1 rings (SSSR count). The highest BCUT2D eigenvalue weighted by Gasteiger charge is 2.19. The lowest BCUT2D eigenvalue weighted by Crippen LogP contribution is -2.29. The van der Waals surface area contributed by atoms with Gasteiger partial charge in [-0.15, -0.1) is 0 Å². The van der Waals surface area contributed by atoms with E-state index in [4.69, 9.17) is 4.74 Å². The summed E-state index contributed by atoms with van der Waals surface area (Å²) >= 11 is 0.